The molecule has 234 valence electrons. The molecule has 5 unspecified atom stereocenters. The van der Waals surface area contributed by atoms with E-state index < -0.39 is 80.0 Å². The van der Waals surface area contributed by atoms with E-state index >= 15 is 0 Å². The van der Waals surface area contributed by atoms with Gasteiger partial charge in [-0.3, -0.25) is 4.79 Å². The maximum atomic E-state index is 13.2. The van der Waals surface area contributed by atoms with E-state index in [1.807, 2.05) is 13.8 Å². The Morgan fingerprint density at radius 1 is 0.829 bits per heavy atom. The summed E-state index contributed by atoms with van der Waals surface area (Å²) in [6.45, 7) is 6.87. The fourth-order valence-electron chi connectivity index (χ4n) is 4.56. The zero-order valence-electron chi connectivity index (χ0n) is 23.8. The molecule has 0 aromatic rings. The maximum absolute atomic E-state index is 13.2. The van der Waals surface area contributed by atoms with Gasteiger partial charge in [0.25, 0.3) is 0 Å². The van der Waals surface area contributed by atoms with E-state index in [0.717, 1.165) is 19.8 Å². The summed E-state index contributed by atoms with van der Waals surface area (Å²) in [4.78, 5) is 17.8. The normalized spacial score (nSPS) is 33.9. The van der Waals surface area contributed by atoms with E-state index in [9.17, 15) is 23.5 Å². The molecule has 2 rings (SSSR count). The van der Waals surface area contributed by atoms with E-state index in [1.54, 1.807) is 6.92 Å². The van der Waals surface area contributed by atoms with E-state index in [-0.39, 0.29) is 13.2 Å². The lowest BCUT2D eigenvalue weighted by molar-refractivity contribution is -0.357. The molecule has 0 radical (unpaired) electrons. The second kappa shape index (κ2) is 16.9. The quantitative estimate of drug-likeness (QED) is 0.0823. The number of alkyl halides is 3. The summed E-state index contributed by atoms with van der Waals surface area (Å²) in [6.07, 6.45) is -11.5. The van der Waals surface area contributed by atoms with Gasteiger partial charge < -0.3 is 33.2 Å². The van der Waals surface area contributed by atoms with Crippen LogP contribution in [0.2, 0.25) is 0 Å². The van der Waals surface area contributed by atoms with Crippen LogP contribution in [0.5, 0.6) is 0 Å². The van der Waals surface area contributed by atoms with Crippen molar-refractivity contribution in [1.29, 1.82) is 0 Å². The van der Waals surface area contributed by atoms with Gasteiger partial charge in [-0.1, -0.05) is 36.9 Å². The molecule has 2 aliphatic rings. The number of carbonyl (C=O) groups is 1. The van der Waals surface area contributed by atoms with Gasteiger partial charge >= 0.3 is 12.1 Å². The summed E-state index contributed by atoms with van der Waals surface area (Å²) < 4.78 is 79.9. The fourth-order valence-corrected chi connectivity index (χ4v) is 4.56. The van der Waals surface area contributed by atoms with Crippen LogP contribution in [-0.2, 0) is 38.0 Å². The van der Waals surface area contributed by atoms with Gasteiger partial charge in [0.2, 0.25) is 0 Å². The van der Waals surface area contributed by atoms with Crippen LogP contribution in [0, 0.1) is 0 Å². The average molecular weight is 597 g/mol. The lowest BCUT2D eigenvalue weighted by Gasteiger charge is -2.48. The van der Waals surface area contributed by atoms with Crippen LogP contribution < -0.4 is 0 Å². The largest absolute Gasteiger partial charge is 0.454 e. The van der Waals surface area contributed by atoms with E-state index in [2.05, 4.69) is 20.1 Å². The molecular weight excluding hydrogens is 557 g/mol. The van der Waals surface area contributed by atoms with Gasteiger partial charge in [0.05, 0.1) is 30.4 Å². The zero-order valence-corrected chi connectivity index (χ0v) is 23.8. The molecule has 0 aromatic heterocycles. The second-order valence-electron chi connectivity index (χ2n) is 9.79. The van der Waals surface area contributed by atoms with E-state index in [1.165, 1.54) is 6.92 Å². The Morgan fingerprint density at radius 3 is 1.76 bits per heavy atom. The van der Waals surface area contributed by atoms with Crippen molar-refractivity contribution in [2.75, 3.05) is 19.8 Å². The minimum Gasteiger partial charge on any atom is -0.454 e. The molecular formula is C24H39F3N6O8. The summed E-state index contributed by atoms with van der Waals surface area (Å²) in [5, 5.41) is 7.54. The predicted molar refractivity (Wildman–Crippen MR) is 136 cm³/mol. The van der Waals surface area contributed by atoms with Crippen LogP contribution in [0.4, 0.5) is 13.2 Å². The Hall–Kier alpha value is -2.36. The molecule has 0 aromatic carbocycles. The van der Waals surface area contributed by atoms with Crippen LogP contribution in [0.25, 0.3) is 20.9 Å². The number of ether oxygens (including phenoxy) is 7. The van der Waals surface area contributed by atoms with Crippen molar-refractivity contribution < 1.29 is 51.1 Å². The third-order valence-corrected chi connectivity index (χ3v) is 6.51. The van der Waals surface area contributed by atoms with Crippen molar-refractivity contribution in [3.63, 3.8) is 0 Å². The van der Waals surface area contributed by atoms with Crippen LogP contribution >= 0.6 is 0 Å². The van der Waals surface area contributed by atoms with Gasteiger partial charge in [-0.25, -0.2) is 0 Å². The molecule has 0 bridgehead atoms. The lowest BCUT2D eigenvalue weighted by atomic mass is 9.95. The molecule has 41 heavy (non-hydrogen) atoms. The van der Waals surface area contributed by atoms with Crippen molar-refractivity contribution in [1.82, 2.24) is 0 Å². The Labute approximate surface area is 236 Å². The molecule has 2 aliphatic heterocycles. The van der Waals surface area contributed by atoms with Gasteiger partial charge in [-0.15, -0.1) is 0 Å². The van der Waals surface area contributed by atoms with Crippen LogP contribution in [0.1, 0.15) is 60.3 Å². The molecule has 0 amide bonds. The van der Waals surface area contributed by atoms with Crippen LogP contribution in [0.15, 0.2) is 10.2 Å². The minimum absolute atomic E-state index is 0.175. The smallest absolute Gasteiger partial charge is 0.411 e. The molecule has 14 nitrogen and oxygen atoms in total. The highest BCUT2D eigenvalue weighted by molar-refractivity contribution is 5.66. The third-order valence-electron chi connectivity index (χ3n) is 6.51. The van der Waals surface area contributed by atoms with Crippen molar-refractivity contribution >= 4 is 5.97 Å². The van der Waals surface area contributed by atoms with Crippen LogP contribution in [0.3, 0.4) is 0 Å². The van der Waals surface area contributed by atoms with Crippen molar-refractivity contribution in [3.05, 3.63) is 20.9 Å². The molecule has 0 N–H and O–H groups in total. The van der Waals surface area contributed by atoms with Crippen molar-refractivity contribution in [2.24, 2.45) is 10.2 Å². The Bertz CT molecular complexity index is 920. The van der Waals surface area contributed by atoms with Gasteiger partial charge in [-0.05, 0) is 37.8 Å². The number of hydrogen-bond acceptors (Lipinski definition) is 10. The summed E-state index contributed by atoms with van der Waals surface area (Å²) >= 11 is 0. The summed E-state index contributed by atoms with van der Waals surface area (Å²) in [6, 6.07) is -1.93. The van der Waals surface area contributed by atoms with E-state index in [4.69, 9.17) is 38.7 Å². The predicted octanol–water partition coefficient (Wildman–Crippen LogP) is 5.10. The Morgan fingerprint density at radius 2 is 1.32 bits per heavy atom. The second-order valence-corrected chi connectivity index (χ2v) is 9.79. The zero-order chi connectivity index (χ0) is 30.6. The lowest BCUT2D eigenvalue weighted by Crippen LogP contribution is -2.64. The Balaban J connectivity index is 2.52. The Kier molecular flexibility index (Phi) is 14.4. The molecule has 10 atom stereocenters. The number of azide groups is 2. The first-order valence-corrected chi connectivity index (χ1v) is 13.6. The first kappa shape index (κ1) is 34.8. The number of halogens is 3. The number of rotatable bonds is 15. The highest BCUT2D eigenvalue weighted by atomic mass is 19.4. The number of esters is 1. The molecule has 2 fully saturated rings. The molecule has 0 aliphatic carbocycles. The summed E-state index contributed by atoms with van der Waals surface area (Å²) in [5.74, 6) is -0.730. The molecule has 2 saturated heterocycles. The van der Waals surface area contributed by atoms with E-state index in [0.29, 0.717) is 12.8 Å². The standard InChI is InChI=1S/C24H39F3N6O8/c1-6-8-10-35-18-16(30-32-28)13(3)38-22(37-12-24(25,26)27)20(18)41-23-21(40-15(5)34)19(36-11-9-7-2)17(31-33-29)14(4)39-23/h13-14,16-23H,6-12H2,1-5H3/t13?,14?,16-,17-,18?,19?,20-,21-,22?,23-/m1/s1. The molecule has 0 saturated carbocycles. The average Bonchev–Trinajstić information content (AvgIpc) is 2.89. The molecule has 2 heterocycles. The number of carbonyl (C=O) groups excluding carboxylic acids is 1. The SMILES string of the molecule is CCCCOC1[C@H](N=[N+]=[N-])C(C)OC(OCC(F)(F)F)[C@@H]1O[C@H]1OC(C)[C@@H](N=[N+]=[N-])C(OCCCC)[C@H]1OC(C)=O. The number of hydrogen-bond donors (Lipinski definition) is 0. The first-order valence-electron chi connectivity index (χ1n) is 13.6. The highest BCUT2D eigenvalue weighted by Gasteiger charge is 2.53. The molecule has 0 spiro atoms. The molecule has 17 heteroatoms. The van der Waals surface area contributed by atoms with Gasteiger partial charge in [0.1, 0.15) is 18.8 Å². The van der Waals surface area contributed by atoms with Gasteiger partial charge in [0, 0.05) is 30.0 Å². The minimum atomic E-state index is -4.69. The first-order chi connectivity index (χ1) is 19.5. The summed E-state index contributed by atoms with van der Waals surface area (Å²) in [5.41, 5.74) is 18.3. The fraction of sp³-hybridized carbons (Fsp3) is 0.958. The topological polar surface area (TPSA) is 179 Å². The number of unbranched alkanes of at least 4 members (excludes halogenated alkanes) is 2. The van der Waals surface area contributed by atoms with Crippen molar-refractivity contribution in [2.45, 2.75) is 128 Å². The highest BCUT2D eigenvalue weighted by Crippen LogP contribution is 2.35. The third kappa shape index (κ3) is 10.5. The van der Waals surface area contributed by atoms with Gasteiger partial charge in [0.15, 0.2) is 18.7 Å². The maximum Gasteiger partial charge on any atom is 0.411 e. The van der Waals surface area contributed by atoms with Gasteiger partial charge in [-0.2, -0.15) is 13.2 Å². The monoisotopic (exact) mass is 596 g/mol. The van der Waals surface area contributed by atoms with Crippen molar-refractivity contribution in [3.8, 4) is 0 Å². The summed E-state index contributed by atoms with van der Waals surface area (Å²) in [7, 11) is 0. The van der Waals surface area contributed by atoms with Crippen LogP contribution in [-0.4, -0.2) is 93.3 Å². The number of nitrogens with zero attached hydrogens (tertiary/aromatic N) is 6.